The van der Waals surface area contributed by atoms with Gasteiger partial charge in [-0.3, -0.25) is 0 Å². The van der Waals surface area contributed by atoms with Crippen LogP contribution in [0.15, 0.2) is 36.5 Å². The van der Waals surface area contributed by atoms with Gasteiger partial charge in [0.05, 0.1) is 20.3 Å². The van der Waals surface area contributed by atoms with Gasteiger partial charge in [0.2, 0.25) is 5.88 Å². The minimum atomic E-state index is 0. The van der Waals surface area contributed by atoms with Crippen LogP contribution in [-0.4, -0.2) is 32.3 Å². The highest BCUT2D eigenvalue weighted by molar-refractivity contribution is 5.85. The number of halogens is 1. The molecule has 0 amide bonds. The first-order valence-corrected chi connectivity index (χ1v) is 7.18. The minimum Gasteiger partial charge on any atom is -0.481 e. The van der Waals surface area contributed by atoms with Crippen molar-refractivity contribution in [3.63, 3.8) is 0 Å². The second kappa shape index (κ2) is 7.58. The number of rotatable bonds is 4. The number of likely N-dealkylation sites (N-methyl/N-ethyl adjacent to an activating group) is 1. The molecule has 0 saturated carbocycles. The lowest BCUT2D eigenvalue weighted by Gasteiger charge is -2.27. The van der Waals surface area contributed by atoms with Crippen molar-refractivity contribution in [1.82, 2.24) is 10.3 Å². The van der Waals surface area contributed by atoms with E-state index >= 15 is 0 Å². The van der Waals surface area contributed by atoms with Crippen LogP contribution in [0.4, 0.5) is 0 Å². The number of benzene rings is 1. The fraction of sp³-hybridized carbons (Fsp3) is 0.353. The molecule has 2 aromatic rings. The molecule has 118 valence electrons. The fourth-order valence-corrected chi connectivity index (χ4v) is 2.92. The smallest absolute Gasteiger partial charge is 0.213 e. The average Bonchev–Trinajstić information content (AvgIpc) is 2.55. The van der Waals surface area contributed by atoms with E-state index in [1.807, 2.05) is 19.2 Å². The molecule has 4 nitrogen and oxygen atoms in total. The van der Waals surface area contributed by atoms with Gasteiger partial charge in [0, 0.05) is 24.7 Å². The molecule has 1 N–H and O–H groups in total. The zero-order chi connectivity index (χ0) is 14.7. The first kappa shape index (κ1) is 16.7. The Morgan fingerprint density at radius 2 is 2.23 bits per heavy atom. The third-order valence-corrected chi connectivity index (χ3v) is 3.92. The monoisotopic (exact) mass is 320 g/mol. The van der Waals surface area contributed by atoms with Crippen LogP contribution in [0.25, 0.3) is 11.1 Å². The summed E-state index contributed by atoms with van der Waals surface area (Å²) >= 11 is 0. The molecule has 5 heteroatoms. The minimum absolute atomic E-state index is 0. The van der Waals surface area contributed by atoms with Crippen LogP contribution in [0.2, 0.25) is 0 Å². The van der Waals surface area contributed by atoms with Crippen molar-refractivity contribution in [3.8, 4) is 17.0 Å². The van der Waals surface area contributed by atoms with E-state index in [9.17, 15) is 0 Å². The topological polar surface area (TPSA) is 43.4 Å². The molecule has 22 heavy (non-hydrogen) atoms. The molecule has 0 aliphatic carbocycles. The molecule has 0 unspecified atom stereocenters. The number of ether oxygens (including phenoxy) is 2. The van der Waals surface area contributed by atoms with Gasteiger partial charge in [-0.1, -0.05) is 18.2 Å². The van der Waals surface area contributed by atoms with Crippen molar-refractivity contribution in [3.05, 3.63) is 47.7 Å². The molecule has 1 aromatic heterocycles. The van der Waals surface area contributed by atoms with E-state index in [1.54, 1.807) is 13.3 Å². The number of pyridine rings is 1. The summed E-state index contributed by atoms with van der Waals surface area (Å²) in [7, 11) is 3.62. The molecule has 0 radical (unpaired) electrons. The molecule has 0 spiro atoms. The zero-order valence-corrected chi connectivity index (χ0v) is 13.7. The second-order valence-corrected chi connectivity index (χ2v) is 5.23. The molecule has 1 aliphatic heterocycles. The summed E-state index contributed by atoms with van der Waals surface area (Å²) in [6, 6.07) is 10.5. The highest BCUT2D eigenvalue weighted by Crippen LogP contribution is 2.34. The Hall–Kier alpha value is -1.62. The van der Waals surface area contributed by atoms with Crippen molar-refractivity contribution >= 4 is 12.4 Å². The summed E-state index contributed by atoms with van der Waals surface area (Å²) in [5, 5.41) is 3.25. The maximum Gasteiger partial charge on any atom is 0.213 e. The first-order chi connectivity index (χ1) is 10.3. The standard InChI is InChI=1S/C17H20N2O2.ClH/c1-18-9-13-10-21-11-16-14(4-3-5-15(13)16)12-6-7-19-17(8-12)20-2;/h3-8,13,18H,9-11H2,1-2H3;1H/t13-;/m1./s1. The van der Waals surface area contributed by atoms with Crippen LogP contribution < -0.4 is 10.1 Å². The van der Waals surface area contributed by atoms with Gasteiger partial charge >= 0.3 is 0 Å². The number of hydrogen-bond acceptors (Lipinski definition) is 4. The molecule has 3 rings (SSSR count). The maximum atomic E-state index is 5.79. The largest absolute Gasteiger partial charge is 0.481 e. The third kappa shape index (κ3) is 3.24. The van der Waals surface area contributed by atoms with Gasteiger partial charge < -0.3 is 14.8 Å². The van der Waals surface area contributed by atoms with Gasteiger partial charge in [-0.05, 0) is 35.4 Å². The molecule has 1 aromatic carbocycles. The van der Waals surface area contributed by atoms with E-state index in [0.717, 1.165) is 18.7 Å². The van der Waals surface area contributed by atoms with Gasteiger partial charge in [-0.25, -0.2) is 4.98 Å². The molecule has 1 aliphatic rings. The number of hydrogen-bond donors (Lipinski definition) is 1. The predicted molar refractivity (Wildman–Crippen MR) is 89.8 cm³/mol. The predicted octanol–water partition coefficient (Wildman–Crippen LogP) is 3.01. The number of nitrogens with one attached hydrogen (secondary N) is 1. The van der Waals surface area contributed by atoms with Crippen LogP contribution in [-0.2, 0) is 11.3 Å². The Labute approximate surface area is 137 Å². The highest BCUT2D eigenvalue weighted by Gasteiger charge is 2.22. The normalized spacial score (nSPS) is 16.5. The SMILES string of the molecule is CNC[C@@H]1COCc2c(-c3ccnc(OC)c3)cccc21.Cl. The Bertz CT molecular complexity index is 634. The number of methoxy groups -OCH3 is 1. The molecule has 0 saturated heterocycles. The summed E-state index contributed by atoms with van der Waals surface area (Å²) in [5.74, 6) is 1.04. The second-order valence-electron chi connectivity index (χ2n) is 5.23. The van der Waals surface area contributed by atoms with Crippen LogP contribution in [0.3, 0.4) is 0 Å². The lowest BCUT2D eigenvalue weighted by molar-refractivity contribution is 0.0915. The van der Waals surface area contributed by atoms with Crippen molar-refractivity contribution in [1.29, 1.82) is 0 Å². The van der Waals surface area contributed by atoms with Crippen molar-refractivity contribution in [2.24, 2.45) is 0 Å². The molecule has 0 bridgehead atoms. The Kier molecular flexibility index (Phi) is 5.77. The molecular formula is C17H21ClN2O2. The van der Waals surface area contributed by atoms with Crippen LogP contribution in [0.5, 0.6) is 5.88 Å². The van der Waals surface area contributed by atoms with Crippen molar-refractivity contribution < 1.29 is 9.47 Å². The number of nitrogens with zero attached hydrogens (tertiary/aromatic N) is 1. The van der Waals surface area contributed by atoms with E-state index in [0.29, 0.717) is 18.4 Å². The average molecular weight is 321 g/mol. The molecule has 1 atom stereocenters. The fourth-order valence-electron chi connectivity index (χ4n) is 2.92. The van der Waals surface area contributed by atoms with Gasteiger partial charge in [-0.2, -0.15) is 0 Å². The summed E-state index contributed by atoms with van der Waals surface area (Å²) in [6.07, 6.45) is 1.78. The Balaban J connectivity index is 0.00000176. The summed E-state index contributed by atoms with van der Waals surface area (Å²) < 4.78 is 11.0. The quantitative estimate of drug-likeness (QED) is 0.940. The lowest BCUT2D eigenvalue weighted by Crippen LogP contribution is -2.26. The summed E-state index contributed by atoms with van der Waals surface area (Å²) in [5.41, 5.74) is 4.97. The van der Waals surface area contributed by atoms with E-state index < -0.39 is 0 Å². The molecule has 0 fully saturated rings. The molecular weight excluding hydrogens is 300 g/mol. The van der Waals surface area contributed by atoms with Gasteiger partial charge in [0.15, 0.2) is 0 Å². The van der Waals surface area contributed by atoms with E-state index in [-0.39, 0.29) is 12.4 Å². The Morgan fingerprint density at radius 3 is 3.00 bits per heavy atom. The van der Waals surface area contributed by atoms with E-state index in [1.165, 1.54) is 16.7 Å². The molecule has 2 heterocycles. The van der Waals surface area contributed by atoms with Crippen molar-refractivity contribution in [2.75, 3.05) is 27.3 Å². The van der Waals surface area contributed by atoms with Crippen LogP contribution in [0.1, 0.15) is 17.0 Å². The number of fused-ring (bicyclic) bond motifs is 1. The van der Waals surface area contributed by atoms with Crippen LogP contribution >= 0.6 is 12.4 Å². The van der Waals surface area contributed by atoms with Gasteiger partial charge in [0.25, 0.3) is 0 Å². The zero-order valence-electron chi connectivity index (χ0n) is 12.8. The maximum absolute atomic E-state index is 5.79. The van der Waals surface area contributed by atoms with Gasteiger partial charge in [0.1, 0.15) is 0 Å². The lowest BCUT2D eigenvalue weighted by atomic mass is 9.88. The summed E-state index contributed by atoms with van der Waals surface area (Å²) in [4.78, 5) is 4.18. The van der Waals surface area contributed by atoms with Gasteiger partial charge in [-0.15, -0.1) is 12.4 Å². The highest BCUT2D eigenvalue weighted by atomic mass is 35.5. The van der Waals surface area contributed by atoms with Crippen molar-refractivity contribution in [2.45, 2.75) is 12.5 Å². The van der Waals surface area contributed by atoms with E-state index in [4.69, 9.17) is 9.47 Å². The third-order valence-electron chi connectivity index (χ3n) is 3.92. The number of aromatic nitrogens is 1. The summed E-state index contributed by atoms with van der Waals surface area (Å²) in [6.45, 7) is 2.36. The van der Waals surface area contributed by atoms with E-state index in [2.05, 4.69) is 28.5 Å². The van der Waals surface area contributed by atoms with Crippen LogP contribution in [0, 0.1) is 0 Å². The Morgan fingerprint density at radius 1 is 1.36 bits per heavy atom. The first-order valence-electron chi connectivity index (χ1n) is 7.18.